The van der Waals surface area contributed by atoms with Gasteiger partial charge in [-0.15, -0.1) is 0 Å². The number of rotatable bonds is 3. The molecule has 0 aromatic heterocycles. The lowest BCUT2D eigenvalue weighted by Gasteiger charge is -2.26. The molecule has 1 aliphatic rings. The maximum Gasteiger partial charge on any atom is 0.223 e. The zero-order chi connectivity index (χ0) is 14.9. The summed E-state index contributed by atoms with van der Waals surface area (Å²) in [6.45, 7) is 9.65. The number of benzene rings is 1. The molecule has 1 aliphatic heterocycles. The van der Waals surface area contributed by atoms with Crippen molar-refractivity contribution in [3.63, 3.8) is 0 Å². The number of amides is 1. The summed E-state index contributed by atoms with van der Waals surface area (Å²) in [5.74, 6) is 0.737. The lowest BCUT2D eigenvalue weighted by atomic mass is 9.86. The second-order valence-corrected chi connectivity index (χ2v) is 7.47. The molecule has 0 spiro atoms. The lowest BCUT2D eigenvalue weighted by Crippen LogP contribution is -2.28. The quantitative estimate of drug-likeness (QED) is 0.753. The number of nitrogens with zero attached hydrogens (tertiary/aromatic N) is 1. The Bertz CT molecular complexity index is 475. The van der Waals surface area contributed by atoms with Gasteiger partial charge in [0.15, 0.2) is 0 Å². The molecule has 1 amide bonds. The van der Waals surface area contributed by atoms with Gasteiger partial charge in [0.2, 0.25) is 5.91 Å². The van der Waals surface area contributed by atoms with Crippen molar-refractivity contribution in [1.29, 1.82) is 0 Å². The fraction of sp³-hybridized carbons (Fsp3) is 0.588. The zero-order valence-corrected chi connectivity index (χ0v) is 14.4. The van der Waals surface area contributed by atoms with Gasteiger partial charge in [0, 0.05) is 18.3 Å². The first-order chi connectivity index (χ1) is 9.32. The second-order valence-electron chi connectivity index (χ2n) is 6.82. The highest BCUT2D eigenvalue weighted by Gasteiger charge is 2.32. The van der Waals surface area contributed by atoms with Crippen molar-refractivity contribution < 1.29 is 4.79 Å². The van der Waals surface area contributed by atoms with Crippen LogP contribution in [-0.4, -0.2) is 22.7 Å². The van der Waals surface area contributed by atoms with Gasteiger partial charge in [-0.25, -0.2) is 0 Å². The third kappa shape index (κ3) is 3.25. The summed E-state index contributed by atoms with van der Waals surface area (Å²) in [4.78, 5) is 14.1. The Morgan fingerprint density at radius 1 is 1.30 bits per heavy atom. The summed E-state index contributed by atoms with van der Waals surface area (Å²) in [5.41, 5.74) is 2.73. The second kappa shape index (κ2) is 5.88. The minimum absolute atomic E-state index is 0.167. The molecule has 0 N–H and O–H groups in total. The largest absolute Gasteiger partial charge is 0.336 e. The number of hydrogen-bond donors (Lipinski definition) is 0. The predicted octanol–water partition coefficient (Wildman–Crippen LogP) is 4.29. The van der Waals surface area contributed by atoms with Crippen molar-refractivity contribution in [3.8, 4) is 0 Å². The number of likely N-dealkylation sites (tertiary alicyclic amines) is 1. The summed E-state index contributed by atoms with van der Waals surface area (Å²) < 4.78 is 0. The van der Waals surface area contributed by atoms with Crippen LogP contribution in [0.1, 0.15) is 51.3 Å². The lowest BCUT2D eigenvalue weighted by molar-refractivity contribution is -0.129. The molecule has 1 heterocycles. The maximum absolute atomic E-state index is 12.1. The third-order valence-electron chi connectivity index (χ3n) is 4.18. The highest BCUT2D eigenvalue weighted by atomic mass is 79.9. The standard InChI is InChI=1S/C17H24BrNO/c1-12(19-11-13(10-18)9-16(19)20)14-5-7-15(8-6-14)17(2,3)4/h5-8,12-13H,9-11H2,1-4H3. The zero-order valence-electron chi connectivity index (χ0n) is 12.8. The van der Waals surface area contributed by atoms with Gasteiger partial charge in [0.1, 0.15) is 0 Å². The first-order valence-corrected chi connectivity index (χ1v) is 8.41. The first-order valence-electron chi connectivity index (χ1n) is 7.29. The Morgan fingerprint density at radius 2 is 1.90 bits per heavy atom. The van der Waals surface area contributed by atoms with Crippen molar-refractivity contribution in [2.24, 2.45) is 5.92 Å². The van der Waals surface area contributed by atoms with E-state index in [0.29, 0.717) is 12.3 Å². The molecule has 3 heteroatoms. The molecular formula is C17H24BrNO. The van der Waals surface area contributed by atoms with Gasteiger partial charge in [0.05, 0.1) is 6.04 Å². The van der Waals surface area contributed by atoms with Gasteiger partial charge in [-0.2, -0.15) is 0 Å². The SMILES string of the molecule is CC(c1ccc(C(C)(C)C)cc1)N1CC(CBr)CC1=O. The van der Waals surface area contributed by atoms with Crippen LogP contribution in [0.2, 0.25) is 0 Å². The molecule has 2 atom stereocenters. The predicted molar refractivity (Wildman–Crippen MR) is 87.2 cm³/mol. The molecule has 1 fully saturated rings. The summed E-state index contributed by atoms with van der Waals surface area (Å²) >= 11 is 3.49. The van der Waals surface area contributed by atoms with Crippen LogP contribution in [0, 0.1) is 5.92 Å². The summed E-state index contributed by atoms with van der Waals surface area (Å²) in [6, 6.07) is 8.88. The van der Waals surface area contributed by atoms with Gasteiger partial charge < -0.3 is 4.90 Å². The molecule has 20 heavy (non-hydrogen) atoms. The fourth-order valence-corrected chi connectivity index (χ4v) is 3.16. The van der Waals surface area contributed by atoms with E-state index in [0.717, 1.165) is 11.9 Å². The molecule has 110 valence electrons. The summed E-state index contributed by atoms with van der Waals surface area (Å²) in [6.07, 6.45) is 0.676. The molecule has 0 saturated carbocycles. The van der Waals surface area contributed by atoms with E-state index in [2.05, 4.69) is 67.9 Å². The number of carbonyl (C=O) groups excluding carboxylic acids is 1. The van der Waals surface area contributed by atoms with Gasteiger partial charge in [0.25, 0.3) is 0 Å². The number of hydrogen-bond acceptors (Lipinski definition) is 1. The average Bonchev–Trinajstić information content (AvgIpc) is 2.78. The Kier molecular flexibility index (Phi) is 4.58. The van der Waals surface area contributed by atoms with Gasteiger partial charge in [-0.1, -0.05) is 61.0 Å². The molecule has 1 aromatic carbocycles. The Morgan fingerprint density at radius 3 is 2.35 bits per heavy atom. The van der Waals surface area contributed by atoms with Crippen LogP contribution in [0.4, 0.5) is 0 Å². The number of alkyl halides is 1. The van der Waals surface area contributed by atoms with Crippen molar-refractivity contribution in [2.75, 3.05) is 11.9 Å². The molecular weight excluding hydrogens is 314 g/mol. The number of halogens is 1. The highest BCUT2D eigenvalue weighted by molar-refractivity contribution is 9.09. The van der Waals surface area contributed by atoms with Crippen LogP contribution in [0.5, 0.6) is 0 Å². The molecule has 1 saturated heterocycles. The Labute approximate surface area is 130 Å². The van der Waals surface area contributed by atoms with Crippen LogP contribution < -0.4 is 0 Å². The van der Waals surface area contributed by atoms with Gasteiger partial charge in [-0.3, -0.25) is 4.79 Å². The molecule has 1 aromatic rings. The van der Waals surface area contributed by atoms with E-state index in [1.165, 1.54) is 11.1 Å². The monoisotopic (exact) mass is 337 g/mol. The topological polar surface area (TPSA) is 20.3 Å². The normalized spacial score (nSPS) is 21.4. The Balaban J connectivity index is 2.14. The van der Waals surface area contributed by atoms with Crippen molar-refractivity contribution in [1.82, 2.24) is 4.90 Å². The van der Waals surface area contributed by atoms with Crippen LogP contribution in [0.3, 0.4) is 0 Å². The molecule has 0 radical (unpaired) electrons. The van der Waals surface area contributed by atoms with E-state index in [1.807, 2.05) is 4.90 Å². The summed E-state index contributed by atoms with van der Waals surface area (Å²) in [7, 11) is 0. The van der Waals surface area contributed by atoms with Crippen LogP contribution in [0.25, 0.3) is 0 Å². The van der Waals surface area contributed by atoms with E-state index in [9.17, 15) is 4.79 Å². The molecule has 0 bridgehead atoms. The van der Waals surface area contributed by atoms with Crippen molar-refractivity contribution in [2.45, 2.75) is 45.6 Å². The summed E-state index contributed by atoms with van der Waals surface area (Å²) in [5, 5.41) is 0.908. The minimum atomic E-state index is 0.167. The van der Waals surface area contributed by atoms with Crippen LogP contribution >= 0.6 is 15.9 Å². The molecule has 2 nitrogen and oxygen atoms in total. The van der Waals surface area contributed by atoms with Crippen molar-refractivity contribution >= 4 is 21.8 Å². The van der Waals surface area contributed by atoms with Gasteiger partial charge in [-0.05, 0) is 29.4 Å². The van der Waals surface area contributed by atoms with Crippen LogP contribution in [-0.2, 0) is 10.2 Å². The Hall–Kier alpha value is -0.830. The van der Waals surface area contributed by atoms with Crippen LogP contribution in [0.15, 0.2) is 24.3 Å². The minimum Gasteiger partial charge on any atom is -0.336 e. The smallest absolute Gasteiger partial charge is 0.223 e. The third-order valence-corrected chi connectivity index (χ3v) is 5.10. The van der Waals surface area contributed by atoms with Crippen molar-refractivity contribution in [3.05, 3.63) is 35.4 Å². The fourth-order valence-electron chi connectivity index (χ4n) is 2.73. The van der Waals surface area contributed by atoms with E-state index in [-0.39, 0.29) is 17.4 Å². The van der Waals surface area contributed by atoms with E-state index < -0.39 is 0 Å². The molecule has 2 rings (SSSR count). The maximum atomic E-state index is 12.1. The number of carbonyl (C=O) groups is 1. The van der Waals surface area contributed by atoms with E-state index in [4.69, 9.17) is 0 Å². The highest BCUT2D eigenvalue weighted by Crippen LogP contribution is 2.30. The first kappa shape index (κ1) is 15.6. The van der Waals surface area contributed by atoms with E-state index >= 15 is 0 Å². The molecule has 2 unspecified atom stereocenters. The molecule has 0 aliphatic carbocycles. The van der Waals surface area contributed by atoms with Gasteiger partial charge >= 0.3 is 0 Å². The average molecular weight is 338 g/mol. The van der Waals surface area contributed by atoms with E-state index in [1.54, 1.807) is 0 Å².